The molecule has 0 aliphatic heterocycles. The van der Waals surface area contributed by atoms with Crippen molar-refractivity contribution in [3.05, 3.63) is 0 Å². The van der Waals surface area contributed by atoms with Crippen LogP contribution in [0.4, 0.5) is 0 Å². The molecule has 1 saturated carbocycles. The molecule has 2 N–H and O–H groups in total. The van der Waals surface area contributed by atoms with Crippen LogP contribution >= 0.6 is 0 Å². The van der Waals surface area contributed by atoms with Crippen molar-refractivity contribution in [1.82, 2.24) is 10.2 Å². The van der Waals surface area contributed by atoms with Gasteiger partial charge >= 0.3 is 5.97 Å². The summed E-state index contributed by atoms with van der Waals surface area (Å²) in [6, 6.07) is 0.375. The van der Waals surface area contributed by atoms with Gasteiger partial charge in [0, 0.05) is 13.2 Å². The van der Waals surface area contributed by atoms with Gasteiger partial charge in [-0.05, 0) is 51.7 Å². The molecule has 0 aromatic heterocycles. The highest BCUT2D eigenvalue weighted by Crippen LogP contribution is 2.38. The van der Waals surface area contributed by atoms with E-state index >= 15 is 0 Å². The van der Waals surface area contributed by atoms with Crippen molar-refractivity contribution in [2.75, 3.05) is 33.4 Å². The lowest BCUT2D eigenvalue weighted by molar-refractivity contribution is -0.146. The van der Waals surface area contributed by atoms with Crippen molar-refractivity contribution < 1.29 is 14.6 Å². The van der Waals surface area contributed by atoms with Crippen LogP contribution in [0.1, 0.15) is 46.5 Å². The molecule has 5 heteroatoms. The van der Waals surface area contributed by atoms with Gasteiger partial charge in [0.25, 0.3) is 0 Å². The first-order valence-electron chi connectivity index (χ1n) is 8.23. The van der Waals surface area contributed by atoms with E-state index in [4.69, 9.17) is 4.74 Å². The molecule has 21 heavy (non-hydrogen) atoms. The molecular formula is C16H32N2O3. The molecule has 1 aliphatic rings. The predicted molar refractivity (Wildman–Crippen MR) is 84.6 cm³/mol. The van der Waals surface area contributed by atoms with Crippen molar-refractivity contribution in [2.45, 2.75) is 58.0 Å². The fourth-order valence-electron chi connectivity index (χ4n) is 3.73. The number of nitrogens with one attached hydrogen (secondary N) is 1. The molecule has 0 spiro atoms. The summed E-state index contributed by atoms with van der Waals surface area (Å²) in [6.45, 7) is 9.63. The number of ether oxygens (including phenoxy) is 1. The third kappa shape index (κ3) is 4.41. The first-order chi connectivity index (χ1) is 10.0. The molecule has 0 bridgehead atoms. The summed E-state index contributed by atoms with van der Waals surface area (Å²) in [6.07, 6.45) is 3.70. The Bertz CT molecular complexity index is 325. The monoisotopic (exact) mass is 300 g/mol. The molecule has 0 amide bonds. The topological polar surface area (TPSA) is 61.8 Å². The minimum absolute atomic E-state index is 0.221. The van der Waals surface area contributed by atoms with Crippen LogP contribution in [-0.2, 0) is 9.53 Å². The number of hydrogen-bond acceptors (Lipinski definition) is 4. The summed E-state index contributed by atoms with van der Waals surface area (Å²) in [7, 11) is 1.72. The van der Waals surface area contributed by atoms with Crippen molar-refractivity contribution in [1.29, 1.82) is 0 Å². The van der Waals surface area contributed by atoms with Gasteiger partial charge in [-0.15, -0.1) is 0 Å². The number of methoxy groups -OCH3 is 1. The van der Waals surface area contributed by atoms with E-state index in [2.05, 4.69) is 24.1 Å². The number of carboxylic acids is 1. The van der Waals surface area contributed by atoms with Crippen molar-refractivity contribution in [3.8, 4) is 0 Å². The number of likely N-dealkylation sites (N-methyl/N-ethyl adjacent to an activating group) is 2. The van der Waals surface area contributed by atoms with Crippen molar-refractivity contribution >= 4 is 5.97 Å². The summed E-state index contributed by atoms with van der Waals surface area (Å²) >= 11 is 0. The Morgan fingerprint density at radius 1 is 1.52 bits per heavy atom. The molecule has 0 radical (unpaired) electrons. The van der Waals surface area contributed by atoms with Crippen LogP contribution in [0.3, 0.4) is 0 Å². The lowest BCUT2D eigenvalue weighted by Crippen LogP contribution is -2.55. The quantitative estimate of drug-likeness (QED) is 0.646. The van der Waals surface area contributed by atoms with E-state index in [1.54, 1.807) is 7.11 Å². The number of nitrogens with zero attached hydrogens (tertiary/aromatic N) is 1. The van der Waals surface area contributed by atoms with E-state index in [0.717, 1.165) is 45.4 Å². The Labute approximate surface area is 129 Å². The molecule has 3 unspecified atom stereocenters. The van der Waals surface area contributed by atoms with Gasteiger partial charge in [-0.3, -0.25) is 9.69 Å². The SMILES string of the molecule is CCNC1(C(=O)O)CCCC1CCN(CC)C(C)COC. The molecule has 0 aromatic rings. The van der Waals surface area contributed by atoms with E-state index in [1.807, 2.05) is 6.92 Å². The minimum atomic E-state index is -0.710. The summed E-state index contributed by atoms with van der Waals surface area (Å²) in [4.78, 5) is 14.2. The van der Waals surface area contributed by atoms with Crippen LogP contribution in [-0.4, -0.2) is 60.9 Å². The van der Waals surface area contributed by atoms with Gasteiger partial charge in [-0.2, -0.15) is 0 Å². The van der Waals surface area contributed by atoms with E-state index < -0.39 is 11.5 Å². The van der Waals surface area contributed by atoms with Crippen LogP contribution in [0.25, 0.3) is 0 Å². The zero-order valence-corrected chi connectivity index (χ0v) is 14.0. The standard InChI is InChI=1S/C16H32N2O3/c1-5-17-16(15(19)20)10-7-8-14(16)9-11-18(6-2)13(3)12-21-4/h13-14,17H,5-12H2,1-4H3,(H,19,20). The van der Waals surface area contributed by atoms with Gasteiger partial charge in [0.2, 0.25) is 0 Å². The summed E-state index contributed by atoms with van der Waals surface area (Å²) in [5, 5.41) is 12.9. The Hall–Kier alpha value is -0.650. The first kappa shape index (κ1) is 18.4. The zero-order chi connectivity index (χ0) is 15.9. The highest BCUT2D eigenvalue weighted by molar-refractivity contribution is 5.79. The molecule has 1 aliphatic carbocycles. The highest BCUT2D eigenvalue weighted by Gasteiger charge is 2.48. The van der Waals surface area contributed by atoms with Crippen LogP contribution < -0.4 is 5.32 Å². The number of aliphatic carboxylic acids is 1. The molecule has 0 saturated heterocycles. The lowest BCUT2D eigenvalue weighted by Gasteiger charge is -2.34. The predicted octanol–water partition coefficient (Wildman–Crippen LogP) is 1.97. The van der Waals surface area contributed by atoms with Gasteiger partial charge in [-0.1, -0.05) is 20.3 Å². The second-order valence-corrected chi connectivity index (χ2v) is 6.12. The van der Waals surface area contributed by atoms with Crippen LogP contribution in [0.15, 0.2) is 0 Å². The highest BCUT2D eigenvalue weighted by atomic mass is 16.5. The average Bonchev–Trinajstić information content (AvgIpc) is 2.84. The van der Waals surface area contributed by atoms with Gasteiger partial charge in [-0.25, -0.2) is 0 Å². The van der Waals surface area contributed by atoms with Crippen LogP contribution in [0, 0.1) is 5.92 Å². The largest absolute Gasteiger partial charge is 0.480 e. The Morgan fingerprint density at radius 2 is 2.24 bits per heavy atom. The fourth-order valence-corrected chi connectivity index (χ4v) is 3.73. The van der Waals surface area contributed by atoms with E-state index in [9.17, 15) is 9.90 Å². The third-order valence-electron chi connectivity index (χ3n) is 4.90. The molecule has 124 valence electrons. The summed E-state index contributed by atoms with van der Waals surface area (Å²) in [5.41, 5.74) is -0.710. The Balaban J connectivity index is 2.65. The molecule has 0 heterocycles. The van der Waals surface area contributed by atoms with Crippen LogP contribution in [0.2, 0.25) is 0 Å². The smallest absolute Gasteiger partial charge is 0.324 e. The van der Waals surface area contributed by atoms with Gasteiger partial charge in [0.15, 0.2) is 0 Å². The molecule has 0 aromatic carbocycles. The van der Waals surface area contributed by atoms with E-state index in [1.165, 1.54) is 0 Å². The molecule has 3 atom stereocenters. The zero-order valence-electron chi connectivity index (χ0n) is 14.0. The lowest BCUT2D eigenvalue weighted by atomic mass is 9.84. The number of hydrogen-bond donors (Lipinski definition) is 2. The second-order valence-electron chi connectivity index (χ2n) is 6.12. The van der Waals surface area contributed by atoms with Gasteiger partial charge < -0.3 is 15.2 Å². The van der Waals surface area contributed by atoms with Crippen molar-refractivity contribution in [2.24, 2.45) is 5.92 Å². The molecule has 5 nitrogen and oxygen atoms in total. The fraction of sp³-hybridized carbons (Fsp3) is 0.938. The minimum Gasteiger partial charge on any atom is -0.480 e. The molecular weight excluding hydrogens is 268 g/mol. The maximum atomic E-state index is 11.8. The van der Waals surface area contributed by atoms with Gasteiger partial charge in [0.05, 0.1) is 6.61 Å². The van der Waals surface area contributed by atoms with E-state index in [-0.39, 0.29) is 5.92 Å². The number of carbonyl (C=O) groups is 1. The third-order valence-corrected chi connectivity index (χ3v) is 4.90. The summed E-state index contributed by atoms with van der Waals surface area (Å²) < 4.78 is 5.23. The Morgan fingerprint density at radius 3 is 2.76 bits per heavy atom. The molecule has 1 fully saturated rings. The van der Waals surface area contributed by atoms with Gasteiger partial charge in [0.1, 0.15) is 5.54 Å². The second kappa shape index (κ2) is 8.71. The average molecular weight is 300 g/mol. The maximum Gasteiger partial charge on any atom is 0.324 e. The van der Waals surface area contributed by atoms with Crippen molar-refractivity contribution in [3.63, 3.8) is 0 Å². The summed E-state index contributed by atoms with van der Waals surface area (Å²) in [5.74, 6) is -0.460. The molecule has 1 rings (SSSR count). The maximum absolute atomic E-state index is 11.8. The number of rotatable bonds is 10. The van der Waals surface area contributed by atoms with E-state index in [0.29, 0.717) is 12.6 Å². The number of carboxylic acid groups (broad SMARTS) is 1. The van der Waals surface area contributed by atoms with Crippen LogP contribution in [0.5, 0.6) is 0 Å². The Kier molecular flexibility index (Phi) is 7.63. The first-order valence-corrected chi connectivity index (χ1v) is 8.23. The normalized spacial score (nSPS) is 27.2.